The van der Waals surface area contributed by atoms with Gasteiger partial charge in [-0.1, -0.05) is 32.4 Å². The average molecular weight is 356 g/mol. The molecule has 0 amide bonds. The van der Waals surface area contributed by atoms with Crippen LogP contribution in [-0.2, 0) is 9.84 Å². The number of nitriles is 1. The molecule has 0 radical (unpaired) electrons. The summed E-state index contributed by atoms with van der Waals surface area (Å²) in [7, 11) is -3.67. The van der Waals surface area contributed by atoms with Crippen LogP contribution in [0.4, 0.5) is 5.69 Å². The smallest absolute Gasteiger partial charge is 0.189 e. The van der Waals surface area contributed by atoms with Crippen molar-refractivity contribution < 1.29 is 8.42 Å². The maximum absolute atomic E-state index is 11.9. The first-order valence-corrected chi connectivity index (χ1v) is 9.35. The number of rotatable bonds is 5. The van der Waals surface area contributed by atoms with E-state index >= 15 is 0 Å². The molecular formula is C16H22ClN3O2S. The molecule has 1 unspecified atom stereocenters. The minimum atomic E-state index is -3.67. The number of allylic oxidation sites excluding steroid dienone is 1. The van der Waals surface area contributed by atoms with Crippen molar-refractivity contribution in [2.45, 2.75) is 33.7 Å². The molecule has 1 atom stereocenters. The van der Waals surface area contributed by atoms with Gasteiger partial charge in [0.05, 0.1) is 0 Å². The Hall–Kier alpha value is -1.71. The molecule has 0 heterocycles. The second-order valence-electron chi connectivity index (χ2n) is 6.45. The summed E-state index contributed by atoms with van der Waals surface area (Å²) in [5, 5.41) is 15.9. The summed E-state index contributed by atoms with van der Waals surface area (Å²) in [5.41, 5.74) is 0.514. The average Bonchev–Trinajstić information content (AvgIpc) is 2.39. The molecule has 0 saturated carbocycles. The van der Waals surface area contributed by atoms with Crippen LogP contribution in [0.1, 0.15) is 27.7 Å². The third-order valence-electron chi connectivity index (χ3n) is 3.47. The molecule has 0 spiro atoms. The van der Waals surface area contributed by atoms with E-state index in [-0.39, 0.29) is 22.2 Å². The topological polar surface area (TPSA) is 82.0 Å². The van der Waals surface area contributed by atoms with Gasteiger partial charge in [-0.25, -0.2) is 8.42 Å². The first-order valence-electron chi connectivity index (χ1n) is 7.08. The van der Waals surface area contributed by atoms with Crippen molar-refractivity contribution in [2.24, 2.45) is 5.41 Å². The fourth-order valence-electron chi connectivity index (χ4n) is 1.59. The number of benzene rings is 1. The second kappa shape index (κ2) is 7.24. The molecule has 23 heavy (non-hydrogen) atoms. The molecule has 0 fully saturated rings. The Balaban J connectivity index is 3.29. The monoisotopic (exact) mass is 355 g/mol. The van der Waals surface area contributed by atoms with Crippen LogP contribution in [0.5, 0.6) is 0 Å². The lowest BCUT2D eigenvalue weighted by Gasteiger charge is -2.30. The number of anilines is 1. The van der Waals surface area contributed by atoms with Crippen LogP contribution >= 0.6 is 11.6 Å². The highest BCUT2D eigenvalue weighted by Crippen LogP contribution is 2.22. The van der Waals surface area contributed by atoms with Gasteiger partial charge in [-0.15, -0.1) is 0 Å². The van der Waals surface area contributed by atoms with E-state index in [1.54, 1.807) is 30.3 Å². The van der Waals surface area contributed by atoms with Gasteiger partial charge in [0.25, 0.3) is 0 Å². The van der Waals surface area contributed by atoms with E-state index in [2.05, 4.69) is 10.6 Å². The van der Waals surface area contributed by atoms with Crippen LogP contribution < -0.4 is 10.6 Å². The molecule has 1 aromatic carbocycles. The van der Waals surface area contributed by atoms with Crippen molar-refractivity contribution in [3.8, 4) is 6.07 Å². The summed E-state index contributed by atoms with van der Waals surface area (Å²) in [4.78, 5) is -0.330. The van der Waals surface area contributed by atoms with Crippen molar-refractivity contribution >= 4 is 27.1 Å². The van der Waals surface area contributed by atoms with Crippen molar-refractivity contribution in [2.75, 3.05) is 11.6 Å². The first kappa shape index (κ1) is 19.3. The molecule has 0 aromatic heterocycles. The van der Waals surface area contributed by atoms with Crippen LogP contribution in [0.2, 0.25) is 5.02 Å². The fraction of sp³-hybridized carbons (Fsp3) is 0.438. The molecule has 5 nitrogen and oxygen atoms in total. The lowest BCUT2D eigenvalue weighted by Crippen LogP contribution is -2.40. The molecule has 2 N–H and O–H groups in total. The standard InChI is InChI=1S/C16H22ClN3O2S/c1-11(16(2,3)4)19-15(14(10-18)23(5,21)22)20-13-8-6-12(17)7-9-13/h6-9,11,19-20H,1-5H3. The molecule has 0 aliphatic heterocycles. The van der Waals surface area contributed by atoms with Gasteiger partial charge in [0.2, 0.25) is 0 Å². The first-order chi connectivity index (χ1) is 10.4. The maximum Gasteiger partial charge on any atom is 0.189 e. The van der Waals surface area contributed by atoms with E-state index in [0.717, 1.165) is 6.26 Å². The Morgan fingerprint density at radius 1 is 1.26 bits per heavy atom. The van der Waals surface area contributed by atoms with Crippen LogP contribution in [-0.4, -0.2) is 20.7 Å². The zero-order valence-electron chi connectivity index (χ0n) is 13.9. The van der Waals surface area contributed by atoms with E-state index in [9.17, 15) is 13.7 Å². The normalized spacial score (nSPS) is 14.5. The van der Waals surface area contributed by atoms with Gasteiger partial charge >= 0.3 is 0 Å². The van der Waals surface area contributed by atoms with Crippen molar-refractivity contribution in [1.29, 1.82) is 5.26 Å². The van der Waals surface area contributed by atoms with Gasteiger partial charge in [-0.3, -0.25) is 0 Å². The number of halogens is 1. The third-order valence-corrected chi connectivity index (χ3v) is 4.76. The summed E-state index contributed by atoms with van der Waals surface area (Å²) in [6, 6.07) is 8.49. The second-order valence-corrected chi connectivity index (χ2v) is 8.84. The van der Waals surface area contributed by atoms with Gasteiger partial charge in [0.1, 0.15) is 11.9 Å². The molecule has 0 saturated heterocycles. The van der Waals surface area contributed by atoms with E-state index < -0.39 is 9.84 Å². The lowest BCUT2D eigenvalue weighted by atomic mass is 9.88. The van der Waals surface area contributed by atoms with Gasteiger partial charge in [0, 0.05) is 23.0 Å². The molecule has 0 aliphatic carbocycles. The largest absolute Gasteiger partial charge is 0.367 e. The molecule has 7 heteroatoms. The van der Waals surface area contributed by atoms with Crippen molar-refractivity contribution in [3.05, 3.63) is 40.0 Å². The highest BCUT2D eigenvalue weighted by molar-refractivity contribution is 7.94. The Morgan fingerprint density at radius 3 is 2.17 bits per heavy atom. The van der Waals surface area contributed by atoms with Crippen LogP contribution in [0.3, 0.4) is 0 Å². The van der Waals surface area contributed by atoms with Gasteiger partial charge in [-0.2, -0.15) is 5.26 Å². The summed E-state index contributed by atoms with van der Waals surface area (Å²) < 4.78 is 23.8. The van der Waals surface area contributed by atoms with E-state index in [1.165, 1.54) is 0 Å². The molecule has 0 aliphatic rings. The Bertz CT molecular complexity index is 726. The van der Waals surface area contributed by atoms with Crippen LogP contribution in [0, 0.1) is 16.7 Å². The molecule has 1 rings (SSSR count). The zero-order chi connectivity index (χ0) is 17.8. The summed E-state index contributed by atoms with van der Waals surface area (Å²) >= 11 is 5.85. The summed E-state index contributed by atoms with van der Waals surface area (Å²) in [5.74, 6) is 0.166. The summed E-state index contributed by atoms with van der Waals surface area (Å²) in [6.45, 7) is 8.01. The lowest BCUT2D eigenvalue weighted by molar-refractivity contribution is 0.303. The predicted octanol–water partition coefficient (Wildman–Crippen LogP) is 3.51. The molecule has 126 valence electrons. The van der Waals surface area contributed by atoms with Crippen molar-refractivity contribution in [3.63, 3.8) is 0 Å². The highest BCUT2D eigenvalue weighted by Gasteiger charge is 2.24. The molecule has 1 aromatic rings. The zero-order valence-corrected chi connectivity index (χ0v) is 15.5. The van der Waals surface area contributed by atoms with Gasteiger partial charge in [0.15, 0.2) is 14.7 Å². The predicted molar refractivity (Wildman–Crippen MR) is 94.6 cm³/mol. The third kappa shape index (κ3) is 5.77. The number of hydrogen-bond donors (Lipinski definition) is 2. The number of nitrogens with zero attached hydrogens (tertiary/aromatic N) is 1. The van der Waals surface area contributed by atoms with E-state index in [4.69, 9.17) is 11.6 Å². The Morgan fingerprint density at radius 2 is 1.78 bits per heavy atom. The number of nitrogens with one attached hydrogen (secondary N) is 2. The Labute approximate surface area is 143 Å². The summed E-state index contributed by atoms with van der Waals surface area (Å²) in [6.07, 6.45) is 1.01. The van der Waals surface area contributed by atoms with Crippen molar-refractivity contribution in [1.82, 2.24) is 5.32 Å². The van der Waals surface area contributed by atoms with Gasteiger partial charge in [-0.05, 0) is 36.6 Å². The highest BCUT2D eigenvalue weighted by atomic mass is 35.5. The van der Waals surface area contributed by atoms with Crippen LogP contribution in [0.25, 0.3) is 0 Å². The van der Waals surface area contributed by atoms with Crippen LogP contribution in [0.15, 0.2) is 35.0 Å². The molecular weight excluding hydrogens is 334 g/mol. The minimum absolute atomic E-state index is 0.0672. The maximum atomic E-state index is 11.9. The SMILES string of the molecule is CC(NC(Nc1ccc(Cl)cc1)=C(C#N)S(C)(=O)=O)C(C)(C)C. The minimum Gasteiger partial charge on any atom is -0.367 e. The quantitative estimate of drug-likeness (QED) is 0.790. The van der Waals surface area contributed by atoms with Gasteiger partial charge < -0.3 is 10.6 Å². The van der Waals surface area contributed by atoms with E-state index in [1.807, 2.05) is 27.7 Å². The number of sulfone groups is 1. The Kier molecular flexibility index (Phi) is 6.09. The molecule has 0 bridgehead atoms. The number of hydrogen-bond acceptors (Lipinski definition) is 5. The fourth-order valence-corrected chi connectivity index (χ4v) is 2.37. The van der Waals surface area contributed by atoms with E-state index in [0.29, 0.717) is 10.7 Å².